The highest BCUT2D eigenvalue weighted by molar-refractivity contribution is 5.82. The number of hydrogen-bond donors (Lipinski definition) is 2. The Hall–Kier alpha value is -2.11. The molecule has 1 atom stereocenters. The maximum Gasteiger partial charge on any atom is 0.407 e. The van der Waals surface area contributed by atoms with Crippen molar-refractivity contribution in [2.24, 2.45) is 0 Å². The van der Waals surface area contributed by atoms with Crippen molar-refractivity contribution in [3.8, 4) is 0 Å². The molecule has 0 aliphatic heterocycles. The third-order valence-electron chi connectivity index (χ3n) is 2.92. The molecule has 1 aromatic heterocycles. The van der Waals surface area contributed by atoms with E-state index in [2.05, 4.69) is 15.5 Å². The van der Waals surface area contributed by atoms with Gasteiger partial charge < -0.3 is 10.1 Å². The van der Waals surface area contributed by atoms with Gasteiger partial charge in [0.05, 0.1) is 10.9 Å². The van der Waals surface area contributed by atoms with Gasteiger partial charge in [0.25, 0.3) is 0 Å². The van der Waals surface area contributed by atoms with E-state index in [1.807, 2.05) is 32.9 Å². The molecule has 21 heavy (non-hydrogen) atoms. The van der Waals surface area contributed by atoms with E-state index in [0.717, 1.165) is 5.56 Å². The summed E-state index contributed by atoms with van der Waals surface area (Å²) < 4.78 is 19.0. The maximum absolute atomic E-state index is 13.7. The van der Waals surface area contributed by atoms with Crippen LogP contribution in [0, 0.1) is 5.95 Å². The molecule has 0 aliphatic carbocycles. The van der Waals surface area contributed by atoms with Crippen LogP contribution in [-0.4, -0.2) is 27.9 Å². The first-order valence-corrected chi connectivity index (χ1v) is 6.86. The molecule has 1 aromatic carbocycles. The van der Waals surface area contributed by atoms with Crippen molar-refractivity contribution in [2.75, 3.05) is 0 Å². The van der Waals surface area contributed by atoms with Crippen molar-refractivity contribution in [2.45, 2.75) is 45.8 Å². The largest absolute Gasteiger partial charge is 0.446 e. The number of H-pyrrole nitrogens is 1. The third kappa shape index (κ3) is 3.93. The van der Waals surface area contributed by atoms with Crippen LogP contribution in [0.3, 0.4) is 0 Å². The third-order valence-corrected chi connectivity index (χ3v) is 2.92. The number of alkyl carbamates (subject to hydrolysis) is 1. The van der Waals surface area contributed by atoms with Gasteiger partial charge in [0, 0.05) is 12.0 Å². The predicted octanol–water partition coefficient (Wildman–Crippen LogP) is 3.16. The molecular weight excluding hydrogens is 273 g/mol. The van der Waals surface area contributed by atoms with E-state index in [1.165, 1.54) is 0 Å². The topological polar surface area (TPSA) is 67.0 Å². The van der Waals surface area contributed by atoms with Crippen molar-refractivity contribution in [3.63, 3.8) is 0 Å². The van der Waals surface area contributed by atoms with Gasteiger partial charge in [0.1, 0.15) is 6.10 Å². The average molecular weight is 293 g/mol. The van der Waals surface area contributed by atoms with Gasteiger partial charge in [-0.15, -0.1) is 5.10 Å². The van der Waals surface area contributed by atoms with Crippen LogP contribution in [0.1, 0.15) is 33.3 Å². The first-order chi connectivity index (χ1) is 9.76. The van der Waals surface area contributed by atoms with Gasteiger partial charge in [-0.05, 0) is 39.3 Å². The summed E-state index contributed by atoms with van der Waals surface area (Å²) in [6.45, 7) is 7.40. The Morgan fingerprint density at radius 2 is 2.19 bits per heavy atom. The molecule has 0 spiro atoms. The number of ether oxygens (including phenoxy) is 1. The second-order valence-corrected chi connectivity index (χ2v) is 6.15. The Balaban J connectivity index is 2.06. The van der Waals surface area contributed by atoms with Crippen molar-refractivity contribution < 1.29 is 13.9 Å². The molecule has 2 N–H and O–H groups in total. The summed E-state index contributed by atoms with van der Waals surface area (Å²) in [5, 5.41) is 9.36. The van der Waals surface area contributed by atoms with Crippen molar-refractivity contribution >= 4 is 17.0 Å². The summed E-state index contributed by atoms with van der Waals surface area (Å²) in [5.74, 6) is -0.535. The molecule has 0 saturated heterocycles. The molecule has 114 valence electrons. The fourth-order valence-electron chi connectivity index (χ4n) is 2.14. The van der Waals surface area contributed by atoms with Gasteiger partial charge in [0.15, 0.2) is 0 Å². The molecular formula is C15H20FN3O2. The maximum atomic E-state index is 13.7. The van der Waals surface area contributed by atoms with E-state index < -0.39 is 12.0 Å². The molecule has 0 bridgehead atoms. The number of benzene rings is 1. The van der Waals surface area contributed by atoms with Crippen LogP contribution in [0.15, 0.2) is 18.2 Å². The average Bonchev–Trinajstić information content (AvgIpc) is 2.69. The SMILES string of the molecule is C[C@H](Cc1cccc2[nH]nc(F)c12)OC(=O)NC(C)(C)C. The Morgan fingerprint density at radius 3 is 2.86 bits per heavy atom. The molecule has 0 fully saturated rings. The molecule has 1 amide bonds. The van der Waals surface area contributed by atoms with Gasteiger partial charge in [-0.1, -0.05) is 12.1 Å². The van der Waals surface area contributed by atoms with Gasteiger partial charge in [-0.3, -0.25) is 5.10 Å². The fraction of sp³-hybridized carbons (Fsp3) is 0.467. The molecule has 1 heterocycles. The van der Waals surface area contributed by atoms with Crippen LogP contribution < -0.4 is 5.32 Å². The van der Waals surface area contributed by atoms with E-state index in [-0.39, 0.29) is 11.6 Å². The number of aromatic amines is 1. The summed E-state index contributed by atoms with van der Waals surface area (Å²) >= 11 is 0. The van der Waals surface area contributed by atoms with Crippen LogP contribution >= 0.6 is 0 Å². The van der Waals surface area contributed by atoms with Crippen LogP contribution in [-0.2, 0) is 11.2 Å². The highest BCUT2D eigenvalue weighted by Gasteiger charge is 2.18. The lowest BCUT2D eigenvalue weighted by Gasteiger charge is -2.22. The Morgan fingerprint density at radius 1 is 1.48 bits per heavy atom. The minimum Gasteiger partial charge on any atom is -0.446 e. The van der Waals surface area contributed by atoms with Crippen LogP contribution in [0.5, 0.6) is 0 Å². The molecule has 0 aliphatic rings. The van der Waals surface area contributed by atoms with Gasteiger partial charge in [0.2, 0.25) is 5.95 Å². The first kappa shape index (κ1) is 15.3. The molecule has 5 nitrogen and oxygen atoms in total. The van der Waals surface area contributed by atoms with Crippen molar-refractivity contribution in [1.82, 2.24) is 15.5 Å². The molecule has 0 unspecified atom stereocenters. The van der Waals surface area contributed by atoms with Crippen LogP contribution in [0.2, 0.25) is 0 Å². The van der Waals surface area contributed by atoms with Crippen molar-refractivity contribution in [3.05, 3.63) is 29.7 Å². The monoisotopic (exact) mass is 293 g/mol. The summed E-state index contributed by atoms with van der Waals surface area (Å²) in [6.07, 6.45) is -0.423. The van der Waals surface area contributed by atoms with E-state index in [0.29, 0.717) is 17.3 Å². The lowest BCUT2D eigenvalue weighted by Crippen LogP contribution is -2.42. The predicted molar refractivity (Wildman–Crippen MR) is 78.6 cm³/mol. The molecule has 2 aromatic rings. The molecule has 0 saturated carbocycles. The minimum absolute atomic E-state index is 0.354. The zero-order valence-electron chi connectivity index (χ0n) is 12.7. The smallest absolute Gasteiger partial charge is 0.407 e. The Labute approximate surface area is 122 Å². The van der Waals surface area contributed by atoms with Crippen molar-refractivity contribution in [1.29, 1.82) is 0 Å². The number of carbonyl (C=O) groups excluding carboxylic acids is 1. The number of nitrogens with one attached hydrogen (secondary N) is 2. The summed E-state index contributed by atoms with van der Waals surface area (Å²) in [6, 6.07) is 5.38. The number of fused-ring (bicyclic) bond motifs is 1. The molecule has 6 heteroatoms. The van der Waals surface area contributed by atoms with Crippen LogP contribution in [0.25, 0.3) is 10.9 Å². The van der Waals surface area contributed by atoms with E-state index >= 15 is 0 Å². The number of rotatable bonds is 3. The number of nitrogens with zero attached hydrogens (tertiary/aromatic N) is 1. The number of halogens is 1. The number of carbonyl (C=O) groups is 1. The zero-order chi connectivity index (χ0) is 15.6. The Bertz CT molecular complexity index is 646. The fourth-order valence-corrected chi connectivity index (χ4v) is 2.14. The zero-order valence-corrected chi connectivity index (χ0v) is 12.7. The molecule has 2 rings (SSSR count). The van der Waals surface area contributed by atoms with Gasteiger partial charge >= 0.3 is 6.09 Å². The summed E-state index contributed by atoms with van der Waals surface area (Å²) in [5.41, 5.74) is 1.04. The standard InChI is InChI=1S/C15H20FN3O2/c1-9(21-14(20)17-15(2,3)4)8-10-6-5-7-11-12(10)13(16)19-18-11/h5-7,9H,8H2,1-4H3,(H,17,20)(H,18,19)/t9-/m1/s1. The second-order valence-electron chi connectivity index (χ2n) is 6.15. The summed E-state index contributed by atoms with van der Waals surface area (Å²) in [4.78, 5) is 11.7. The molecule has 0 radical (unpaired) electrons. The Kier molecular flexibility index (Phi) is 4.16. The van der Waals surface area contributed by atoms with E-state index in [1.54, 1.807) is 13.0 Å². The number of amides is 1. The number of aromatic nitrogens is 2. The summed E-state index contributed by atoms with van der Waals surface area (Å²) in [7, 11) is 0. The van der Waals surface area contributed by atoms with E-state index in [4.69, 9.17) is 4.74 Å². The van der Waals surface area contributed by atoms with Gasteiger partial charge in [-0.2, -0.15) is 4.39 Å². The lowest BCUT2D eigenvalue weighted by atomic mass is 10.0. The highest BCUT2D eigenvalue weighted by atomic mass is 19.1. The van der Waals surface area contributed by atoms with Gasteiger partial charge in [-0.25, -0.2) is 4.79 Å². The first-order valence-electron chi connectivity index (χ1n) is 6.86. The normalized spacial score (nSPS) is 13.2. The highest BCUT2D eigenvalue weighted by Crippen LogP contribution is 2.21. The minimum atomic E-state index is -0.535. The van der Waals surface area contributed by atoms with Crippen LogP contribution in [0.4, 0.5) is 9.18 Å². The van der Waals surface area contributed by atoms with E-state index in [9.17, 15) is 9.18 Å². The second kappa shape index (κ2) is 5.71. The number of hydrogen-bond acceptors (Lipinski definition) is 3. The quantitative estimate of drug-likeness (QED) is 0.913. The lowest BCUT2D eigenvalue weighted by molar-refractivity contribution is 0.100.